The highest BCUT2D eigenvalue weighted by molar-refractivity contribution is 6.01. The molecule has 1 amide bonds. The van der Waals surface area contributed by atoms with Gasteiger partial charge in [-0.2, -0.15) is 5.10 Å². The minimum atomic E-state index is -0.720. The number of amides is 1. The second kappa shape index (κ2) is 6.87. The first kappa shape index (κ1) is 18.6. The number of fused-ring (bicyclic) bond motifs is 1. The van der Waals surface area contributed by atoms with E-state index < -0.39 is 17.2 Å². The van der Waals surface area contributed by atoms with Crippen LogP contribution in [0.1, 0.15) is 15.9 Å². The van der Waals surface area contributed by atoms with Gasteiger partial charge in [0.25, 0.3) is 11.5 Å². The second-order valence-corrected chi connectivity index (χ2v) is 5.95. The molecule has 11 nitrogen and oxygen atoms in total. The van der Waals surface area contributed by atoms with Gasteiger partial charge in [0, 0.05) is 14.1 Å². The Kier molecular flexibility index (Phi) is 4.57. The van der Waals surface area contributed by atoms with Gasteiger partial charge in [0.15, 0.2) is 17.1 Å². The van der Waals surface area contributed by atoms with Crippen molar-refractivity contribution >= 4 is 29.0 Å². The smallest absolute Gasteiger partial charge is 0.332 e. The van der Waals surface area contributed by atoms with E-state index in [0.717, 1.165) is 9.13 Å². The van der Waals surface area contributed by atoms with E-state index in [1.807, 2.05) is 0 Å². The van der Waals surface area contributed by atoms with E-state index in [1.165, 1.54) is 44.6 Å². The van der Waals surface area contributed by atoms with Crippen molar-refractivity contribution in [1.82, 2.24) is 19.5 Å². The van der Waals surface area contributed by atoms with Crippen LogP contribution in [0.15, 0.2) is 39.0 Å². The molecule has 5 N–H and O–H groups in total. The first-order valence-corrected chi connectivity index (χ1v) is 7.92. The molecular formula is C17H16N6O5. The molecule has 0 fully saturated rings. The molecule has 144 valence electrons. The monoisotopic (exact) mass is 384 g/mol. The number of nitrogens with two attached hydrogens (primary N) is 1. The van der Waals surface area contributed by atoms with Crippen LogP contribution in [-0.2, 0) is 14.1 Å². The zero-order valence-electron chi connectivity index (χ0n) is 14.9. The van der Waals surface area contributed by atoms with Gasteiger partial charge in [-0.3, -0.25) is 18.7 Å². The van der Waals surface area contributed by atoms with Crippen LogP contribution in [-0.4, -0.2) is 36.5 Å². The maximum Gasteiger partial charge on any atom is 0.332 e. The topological polar surface area (TPSA) is 165 Å². The number of carbonyl (C=O) groups excluding carboxylic acids is 1. The maximum atomic E-state index is 12.4. The summed E-state index contributed by atoms with van der Waals surface area (Å²) in [5, 5.41) is 22.5. The molecule has 0 spiro atoms. The SMILES string of the molecule is Cn1c(=O)c2cc(C(=O)NN=Cc3ccc(O)c(O)c3)c(N)nc2n(C)c1=O. The summed E-state index contributed by atoms with van der Waals surface area (Å²) in [6.07, 6.45) is 1.24. The summed E-state index contributed by atoms with van der Waals surface area (Å²) >= 11 is 0. The van der Waals surface area contributed by atoms with Crippen molar-refractivity contribution in [1.29, 1.82) is 0 Å². The molecule has 28 heavy (non-hydrogen) atoms. The number of aromatic nitrogens is 3. The molecule has 3 rings (SSSR count). The lowest BCUT2D eigenvalue weighted by molar-refractivity contribution is 0.0956. The number of nitrogens with one attached hydrogen (secondary N) is 1. The van der Waals surface area contributed by atoms with E-state index in [2.05, 4.69) is 15.5 Å². The summed E-state index contributed by atoms with van der Waals surface area (Å²) in [6, 6.07) is 5.24. The standard InChI is InChI=1S/C17H16N6O5/c1-22-14-10(16(27)23(2)17(22)28)6-9(13(18)20-14)15(26)21-19-7-8-3-4-11(24)12(25)5-8/h3-7,24-25H,1-2H3,(H2,18,20)(H,21,26). The average molecular weight is 384 g/mol. The normalized spacial score (nSPS) is 11.2. The number of phenolic OH excluding ortho intramolecular Hbond substituents is 2. The van der Waals surface area contributed by atoms with Crippen LogP contribution in [0.25, 0.3) is 11.0 Å². The van der Waals surface area contributed by atoms with Crippen molar-refractivity contribution in [3.8, 4) is 11.5 Å². The number of aromatic hydroxyl groups is 2. The zero-order chi connectivity index (χ0) is 20.6. The number of hydrazone groups is 1. The van der Waals surface area contributed by atoms with E-state index in [4.69, 9.17) is 5.73 Å². The van der Waals surface area contributed by atoms with Crippen LogP contribution in [0.3, 0.4) is 0 Å². The van der Waals surface area contributed by atoms with Crippen molar-refractivity contribution in [3.05, 3.63) is 56.2 Å². The third-order valence-corrected chi connectivity index (χ3v) is 4.08. The van der Waals surface area contributed by atoms with Crippen LogP contribution in [0.4, 0.5) is 5.82 Å². The molecule has 0 aliphatic heterocycles. The molecule has 11 heteroatoms. The first-order valence-electron chi connectivity index (χ1n) is 7.92. The second-order valence-electron chi connectivity index (χ2n) is 5.95. The Morgan fingerprint density at radius 2 is 1.89 bits per heavy atom. The summed E-state index contributed by atoms with van der Waals surface area (Å²) in [5.41, 5.74) is 7.26. The molecule has 0 bridgehead atoms. The Morgan fingerprint density at radius 1 is 1.18 bits per heavy atom. The molecule has 0 radical (unpaired) electrons. The van der Waals surface area contributed by atoms with Gasteiger partial charge in [-0.05, 0) is 29.8 Å². The molecule has 0 aliphatic carbocycles. The summed E-state index contributed by atoms with van der Waals surface area (Å²) in [4.78, 5) is 40.6. The number of carbonyl (C=O) groups is 1. The van der Waals surface area contributed by atoms with E-state index in [-0.39, 0.29) is 33.9 Å². The van der Waals surface area contributed by atoms with Gasteiger partial charge in [0.1, 0.15) is 5.82 Å². The van der Waals surface area contributed by atoms with E-state index in [0.29, 0.717) is 5.56 Å². The lowest BCUT2D eigenvalue weighted by Crippen LogP contribution is -2.37. The molecule has 1 aromatic carbocycles. The van der Waals surface area contributed by atoms with E-state index in [1.54, 1.807) is 0 Å². The molecule has 0 aliphatic rings. The fourth-order valence-electron chi connectivity index (χ4n) is 2.54. The lowest BCUT2D eigenvalue weighted by Gasteiger charge is -2.09. The number of benzene rings is 1. The summed E-state index contributed by atoms with van der Waals surface area (Å²) < 4.78 is 2.06. The van der Waals surface area contributed by atoms with E-state index >= 15 is 0 Å². The highest BCUT2D eigenvalue weighted by atomic mass is 16.3. The van der Waals surface area contributed by atoms with E-state index in [9.17, 15) is 24.6 Å². The van der Waals surface area contributed by atoms with Gasteiger partial charge in [-0.15, -0.1) is 0 Å². The van der Waals surface area contributed by atoms with Crippen molar-refractivity contribution in [2.45, 2.75) is 0 Å². The number of aryl methyl sites for hydroxylation is 1. The predicted octanol–water partition coefficient (Wildman–Crippen LogP) is -0.611. The Labute approximate surface area is 157 Å². The van der Waals surface area contributed by atoms with Crippen molar-refractivity contribution in [2.24, 2.45) is 19.2 Å². The number of rotatable bonds is 3. The largest absolute Gasteiger partial charge is 0.504 e. The van der Waals surface area contributed by atoms with Crippen molar-refractivity contribution in [3.63, 3.8) is 0 Å². The van der Waals surface area contributed by atoms with Crippen LogP contribution in [0.5, 0.6) is 11.5 Å². The quantitative estimate of drug-likeness (QED) is 0.266. The summed E-state index contributed by atoms with van der Waals surface area (Å²) in [7, 11) is 2.76. The van der Waals surface area contributed by atoms with Gasteiger partial charge in [0.05, 0.1) is 17.2 Å². The van der Waals surface area contributed by atoms with Gasteiger partial charge in [-0.25, -0.2) is 15.2 Å². The molecule has 0 saturated heterocycles. The van der Waals surface area contributed by atoms with Gasteiger partial charge < -0.3 is 15.9 Å². The fraction of sp³-hybridized carbons (Fsp3) is 0.118. The number of hydrogen-bond acceptors (Lipinski definition) is 8. The zero-order valence-corrected chi connectivity index (χ0v) is 14.9. The number of hydrogen-bond donors (Lipinski definition) is 4. The summed E-state index contributed by atoms with van der Waals surface area (Å²) in [5.74, 6) is -1.51. The van der Waals surface area contributed by atoms with Crippen molar-refractivity contribution < 1.29 is 15.0 Å². The Morgan fingerprint density at radius 3 is 2.57 bits per heavy atom. The van der Waals surface area contributed by atoms with Crippen LogP contribution >= 0.6 is 0 Å². The van der Waals surface area contributed by atoms with Crippen molar-refractivity contribution in [2.75, 3.05) is 5.73 Å². The number of pyridine rings is 1. The Hall–Kier alpha value is -4.15. The van der Waals surface area contributed by atoms with Gasteiger partial charge in [-0.1, -0.05) is 0 Å². The first-order chi connectivity index (χ1) is 13.2. The molecule has 0 saturated carbocycles. The van der Waals surface area contributed by atoms with Gasteiger partial charge >= 0.3 is 5.69 Å². The highest BCUT2D eigenvalue weighted by Crippen LogP contribution is 2.24. The van der Waals surface area contributed by atoms with Crippen LogP contribution in [0, 0.1) is 0 Å². The number of phenols is 2. The molecule has 3 aromatic rings. The highest BCUT2D eigenvalue weighted by Gasteiger charge is 2.17. The number of nitrogens with zero attached hydrogens (tertiary/aromatic N) is 4. The van der Waals surface area contributed by atoms with Gasteiger partial charge in [0.2, 0.25) is 0 Å². The molecular weight excluding hydrogens is 368 g/mol. The minimum absolute atomic E-state index is 0.0522. The number of anilines is 1. The predicted molar refractivity (Wildman–Crippen MR) is 101 cm³/mol. The molecule has 2 heterocycles. The molecule has 0 atom stereocenters. The molecule has 2 aromatic heterocycles. The lowest BCUT2D eigenvalue weighted by atomic mass is 10.2. The molecule has 0 unspecified atom stereocenters. The Bertz CT molecular complexity index is 1260. The maximum absolute atomic E-state index is 12.4. The Balaban J connectivity index is 1.94. The third-order valence-electron chi connectivity index (χ3n) is 4.08. The fourth-order valence-corrected chi connectivity index (χ4v) is 2.54. The third kappa shape index (κ3) is 3.16. The minimum Gasteiger partial charge on any atom is -0.504 e. The van der Waals surface area contributed by atoms with Crippen LogP contribution < -0.4 is 22.4 Å². The van der Waals surface area contributed by atoms with Crippen LogP contribution in [0.2, 0.25) is 0 Å². The number of nitrogen functional groups attached to an aromatic ring is 1. The summed E-state index contributed by atoms with van der Waals surface area (Å²) in [6.45, 7) is 0. The average Bonchev–Trinajstić information content (AvgIpc) is 2.67.